The Labute approximate surface area is 182 Å². The topological polar surface area (TPSA) is 63.1 Å². The van der Waals surface area contributed by atoms with Crippen LogP contribution in [0.25, 0.3) is 11.1 Å². The maximum absolute atomic E-state index is 14.7. The van der Waals surface area contributed by atoms with Crippen LogP contribution in [0.4, 0.5) is 15.9 Å². The van der Waals surface area contributed by atoms with Crippen LogP contribution in [0.1, 0.15) is 50.5 Å². The van der Waals surface area contributed by atoms with Gasteiger partial charge in [0.25, 0.3) is 5.91 Å². The summed E-state index contributed by atoms with van der Waals surface area (Å²) in [6.07, 6.45) is 5.97. The third-order valence-electron chi connectivity index (χ3n) is 5.70. The van der Waals surface area contributed by atoms with E-state index in [0.29, 0.717) is 28.2 Å². The smallest absolute Gasteiger partial charge is 0.258 e. The van der Waals surface area contributed by atoms with Crippen molar-refractivity contribution in [3.8, 4) is 11.1 Å². The average Bonchev–Trinajstić information content (AvgIpc) is 3.35. The van der Waals surface area contributed by atoms with Crippen LogP contribution >= 0.6 is 0 Å². The Morgan fingerprint density at radius 1 is 1.19 bits per heavy atom. The fourth-order valence-electron chi connectivity index (χ4n) is 3.93. The largest absolute Gasteiger partial charge is 0.354 e. The number of rotatable bonds is 5. The van der Waals surface area contributed by atoms with Gasteiger partial charge in [0.15, 0.2) is 5.82 Å². The number of carbonyl (C=O) groups excluding carboxylic acids is 1. The zero-order chi connectivity index (χ0) is 22.2. The predicted octanol–water partition coefficient (Wildman–Crippen LogP) is 5.15. The molecule has 31 heavy (non-hydrogen) atoms. The summed E-state index contributed by atoms with van der Waals surface area (Å²) in [6, 6.07) is 8.48. The van der Waals surface area contributed by atoms with Crippen LogP contribution in [-0.2, 0) is 0 Å². The quantitative estimate of drug-likeness (QED) is 0.619. The highest BCUT2D eigenvalue weighted by molar-refractivity contribution is 6.08. The minimum Gasteiger partial charge on any atom is -0.354 e. The lowest BCUT2D eigenvalue weighted by atomic mass is 9.93. The predicted molar refractivity (Wildman–Crippen MR) is 121 cm³/mol. The zero-order valence-corrected chi connectivity index (χ0v) is 18.4. The van der Waals surface area contributed by atoms with Crippen molar-refractivity contribution >= 4 is 17.4 Å². The van der Waals surface area contributed by atoms with Crippen molar-refractivity contribution in [2.75, 3.05) is 23.3 Å². The van der Waals surface area contributed by atoms with E-state index in [1.165, 1.54) is 6.07 Å². The number of halogens is 1. The van der Waals surface area contributed by atoms with Gasteiger partial charge in [-0.3, -0.25) is 9.48 Å². The number of amides is 1. The number of pyridine rings is 1. The molecule has 3 aromatic rings. The molecular formula is C24H28FN5O. The van der Waals surface area contributed by atoms with Crippen molar-refractivity contribution in [2.45, 2.75) is 40.2 Å². The summed E-state index contributed by atoms with van der Waals surface area (Å²) in [7, 11) is 0. The molecule has 7 heteroatoms. The van der Waals surface area contributed by atoms with Gasteiger partial charge in [0, 0.05) is 42.7 Å². The van der Waals surface area contributed by atoms with Crippen molar-refractivity contribution in [3.63, 3.8) is 0 Å². The lowest BCUT2D eigenvalue weighted by molar-refractivity contribution is 0.102. The number of nitrogens with zero attached hydrogens (tertiary/aromatic N) is 4. The second kappa shape index (κ2) is 8.13. The van der Waals surface area contributed by atoms with Crippen LogP contribution < -0.4 is 10.2 Å². The van der Waals surface area contributed by atoms with E-state index >= 15 is 0 Å². The van der Waals surface area contributed by atoms with Crippen molar-refractivity contribution in [2.24, 2.45) is 5.41 Å². The van der Waals surface area contributed by atoms with E-state index in [9.17, 15) is 9.18 Å². The summed E-state index contributed by atoms with van der Waals surface area (Å²) in [5, 5.41) is 7.28. The summed E-state index contributed by atoms with van der Waals surface area (Å²) < 4.78 is 16.4. The fraction of sp³-hybridized carbons (Fsp3) is 0.375. The maximum Gasteiger partial charge on any atom is 0.258 e. The highest BCUT2D eigenvalue weighted by Gasteiger charge is 2.32. The van der Waals surface area contributed by atoms with Crippen molar-refractivity contribution in [3.05, 3.63) is 60.3 Å². The molecule has 1 aliphatic rings. The molecule has 0 saturated carbocycles. The molecule has 0 spiro atoms. The van der Waals surface area contributed by atoms with Crippen molar-refractivity contribution in [1.82, 2.24) is 14.8 Å². The molecule has 2 aromatic heterocycles. The molecule has 1 fully saturated rings. The number of carbonyl (C=O) groups is 1. The third-order valence-corrected chi connectivity index (χ3v) is 5.70. The van der Waals surface area contributed by atoms with Gasteiger partial charge in [0.05, 0.1) is 17.4 Å². The number of nitrogens with one attached hydrogen (secondary N) is 1. The lowest BCUT2D eigenvalue weighted by Crippen LogP contribution is -2.26. The van der Waals surface area contributed by atoms with Gasteiger partial charge >= 0.3 is 0 Å². The number of hydrogen-bond acceptors (Lipinski definition) is 4. The minimum atomic E-state index is -0.343. The molecule has 4 rings (SSSR count). The van der Waals surface area contributed by atoms with Gasteiger partial charge in [-0.15, -0.1) is 0 Å². The van der Waals surface area contributed by atoms with Gasteiger partial charge in [0.1, 0.15) is 5.82 Å². The summed E-state index contributed by atoms with van der Waals surface area (Å²) in [5.74, 6) is 0.0256. The number of anilines is 2. The highest BCUT2D eigenvalue weighted by atomic mass is 19.1. The van der Waals surface area contributed by atoms with Crippen molar-refractivity contribution < 1.29 is 9.18 Å². The molecule has 6 nitrogen and oxygen atoms in total. The molecule has 0 unspecified atom stereocenters. The Morgan fingerprint density at radius 2 is 1.97 bits per heavy atom. The monoisotopic (exact) mass is 421 g/mol. The summed E-state index contributed by atoms with van der Waals surface area (Å²) in [5.41, 5.74) is 2.16. The number of aromatic nitrogens is 3. The Morgan fingerprint density at radius 3 is 2.61 bits per heavy atom. The Hall–Kier alpha value is -3.22. The van der Waals surface area contributed by atoms with Gasteiger partial charge in [-0.05, 0) is 37.8 Å². The molecule has 0 radical (unpaired) electrons. The lowest BCUT2D eigenvalue weighted by Gasteiger charge is -2.24. The molecule has 0 bridgehead atoms. The van der Waals surface area contributed by atoms with Gasteiger partial charge in [0.2, 0.25) is 0 Å². The second-order valence-electron chi connectivity index (χ2n) is 9.13. The van der Waals surface area contributed by atoms with E-state index in [0.717, 1.165) is 19.5 Å². The normalized spacial score (nSPS) is 15.5. The van der Waals surface area contributed by atoms with E-state index < -0.39 is 0 Å². The van der Waals surface area contributed by atoms with Gasteiger partial charge < -0.3 is 10.2 Å². The van der Waals surface area contributed by atoms with Crippen molar-refractivity contribution in [1.29, 1.82) is 0 Å². The first-order chi connectivity index (χ1) is 14.7. The third kappa shape index (κ3) is 4.31. The molecule has 162 valence electrons. The Kier molecular flexibility index (Phi) is 5.52. The van der Waals surface area contributed by atoms with Crippen LogP contribution in [0.5, 0.6) is 0 Å². The molecule has 1 aromatic carbocycles. The summed E-state index contributed by atoms with van der Waals surface area (Å²) in [4.78, 5) is 19.9. The summed E-state index contributed by atoms with van der Waals surface area (Å²) >= 11 is 0. The molecule has 1 saturated heterocycles. The fourth-order valence-corrected chi connectivity index (χ4v) is 3.93. The first-order valence-electron chi connectivity index (χ1n) is 10.6. The molecule has 0 aliphatic carbocycles. The maximum atomic E-state index is 14.7. The van der Waals surface area contributed by atoms with Gasteiger partial charge in [-0.1, -0.05) is 32.0 Å². The van der Waals surface area contributed by atoms with E-state index in [1.807, 2.05) is 13.8 Å². The first-order valence-corrected chi connectivity index (χ1v) is 10.6. The molecule has 1 amide bonds. The highest BCUT2D eigenvalue weighted by Crippen LogP contribution is 2.40. The van der Waals surface area contributed by atoms with E-state index in [1.54, 1.807) is 47.5 Å². The second-order valence-corrected chi connectivity index (χ2v) is 9.13. The van der Waals surface area contributed by atoms with Crippen LogP contribution in [0.2, 0.25) is 0 Å². The van der Waals surface area contributed by atoms with E-state index in [-0.39, 0.29) is 23.2 Å². The Bertz CT molecular complexity index is 1100. The zero-order valence-electron chi connectivity index (χ0n) is 18.4. The minimum absolute atomic E-state index is 0.148. The van der Waals surface area contributed by atoms with Crippen LogP contribution in [-0.4, -0.2) is 33.8 Å². The standard InChI is InChI=1S/C24H28FN5O/c1-16(2)30-14-17(13-27-30)23(31)28-21-19(18-7-5-6-8-20(18)25)9-11-26-22(21)29-12-10-24(3,4)15-29/h5-9,11,13-14,16H,10,12,15H2,1-4H3,(H,28,31). The molecule has 1 N–H and O–H groups in total. The summed E-state index contributed by atoms with van der Waals surface area (Å²) in [6.45, 7) is 10.1. The number of hydrogen-bond donors (Lipinski definition) is 1. The SMILES string of the molecule is CC(C)n1cc(C(=O)Nc2c(-c3ccccc3F)ccnc2N2CCC(C)(C)C2)cn1. The van der Waals surface area contributed by atoms with E-state index in [4.69, 9.17) is 0 Å². The van der Waals surface area contributed by atoms with Crippen LogP contribution in [0, 0.1) is 11.2 Å². The molecular weight excluding hydrogens is 393 g/mol. The molecule has 1 aliphatic heterocycles. The molecule has 3 heterocycles. The number of benzene rings is 1. The van der Waals surface area contributed by atoms with Gasteiger partial charge in [-0.2, -0.15) is 5.10 Å². The Balaban J connectivity index is 1.77. The molecule has 0 atom stereocenters. The van der Waals surface area contributed by atoms with Crippen LogP contribution in [0.15, 0.2) is 48.9 Å². The van der Waals surface area contributed by atoms with Crippen LogP contribution in [0.3, 0.4) is 0 Å². The van der Waals surface area contributed by atoms with Gasteiger partial charge in [-0.25, -0.2) is 9.37 Å². The first kappa shape index (κ1) is 21.0. The van der Waals surface area contributed by atoms with E-state index in [2.05, 4.69) is 34.1 Å². The average molecular weight is 422 g/mol.